The van der Waals surface area contributed by atoms with Gasteiger partial charge in [-0.15, -0.1) is 0 Å². The minimum Gasteiger partial charge on any atom is -0.345 e. The largest absolute Gasteiger partial charge is 0.345 e. The normalized spacial score (nSPS) is 20.5. The van der Waals surface area contributed by atoms with Crippen LogP contribution in [0.1, 0.15) is 25.0 Å². The van der Waals surface area contributed by atoms with E-state index >= 15 is 0 Å². The lowest BCUT2D eigenvalue weighted by molar-refractivity contribution is -0.167. The van der Waals surface area contributed by atoms with Gasteiger partial charge in [-0.05, 0) is 25.5 Å². The molecule has 1 amide bonds. The Bertz CT molecular complexity index is 694. The maximum Gasteiger partial charge on any atom is 0.249 e. The summed E-state index contributed by atoms with van der Waals surface area (Å²) in [5.41, 5.74) is 1.20. The summed E-state index contributed by atoms with van der Waals surface area (Å²) in [6, 6.07) is 19.9. The van der Waals surface area contributed by atoms with Crippen LogP contribution in [-0.4, -0.2) is 16.9 Å². The van der Waals surface area contributed by atoms with Crippen LogP contribution in [-0.2, 0) is 21.8 Å². The standard InChI is InChI=1S/C20H21NO2/c1-16(2)23-20(18-11-7-4-8-12-18)14-13-19(22)21(20)15-17-9-5-3-6-10-17/h3-14,16H,15H2,1-2H3. The van der Waals surface area contributed by atoms with Crippen LogP contribution in [0.2, 0.25) is 0 Å². The SMILES string of the molecule is CC(C)OC1(c2ccccc2)C=CC(=O)N1Cc1ccccc1. The third-order valence-electron chi connectivity index (χ3n) is 3.91. The van der Waals surface area contributed by atoms with E-state index in [4.69, 9.17) is 4.74 Å². The first-order chi connectivity index (χ1) is 11.1. The third-order valence-corrected chi connectivity index (χ3v) is 3.91. The molecule has 0 radical (unpaired) electrons. The van der Waals surface area contributed by atoms with Crippen LogP contribution in [0.15, 0.2) is 72.8 Å². The lowest BCUT2D eigenvalue weighted by Crippen LogP contribution is -2.46. The molecular weight excluding hydrogens is 286 g/mol. The number of carbonyl (C=O) groups excluding carboxylic acids is 1. The van der Waals surface area contributed by atoms with Crippen LogP contribution in [0.3, 0.4) is 0 Å². The second-order valence-corrected chi connectivity index (χ2v) is 5.97. The van der Waals surface area contributed by atoms with Crippen LogP contribution in [0.4, 0.5) is 0 Å². The molecule has 0 fully saturated rings. The molecule has 3 nitrogen and oxygen atoms in total. The van der Waals surface area contributed by atoms with E-state index in [-0.39, 0.29) is 12.0 Å². The highest BCUT2D eigenvalue weighted by Gasteiger charge is 2.44. The van der Waals surface area contributed by atoms with Gasteiger partial charge in [0.05, 0.1) is 6.10 Å². The van der Waals surface area contributed by atoms with Crippen molar-refractivity contribution in [1.29, 1.82) is 0 Å². The average molecular weight is 307 g/mol. The van der Waals surface area contributed by atoms with E-state index in [1.807, 2.05) is 80.6 Å². The molecule has 1 aliphatic heterocycles. The maximum absolute atomic E-state index is 12.5. The fourth-order valence-electron chi connectivity index (χ4n) is 2.95. The lowest BCUT2D eigenvalue weighted by Gasteiger charge is -2.39. The molecule has 0 saturated heterocycles. The fraction of sp³-hybridized carbons (Fsp3) is 0.250. The van der Waals surface area contributed by atoms with E-state index in [1.54, 1.807) is 11.0 Å². The Morgan fingerprint density at radius 1 is 1.00 bits per heavy atom. The quantitative estimate of drug-likeness (QED) is 0.839. The average Bonchev–Trinajstić information content (AvgIpc) is 2.87. The smallest absolute Gasteiger partial charge is 0.249 e. The number of hydrogen-bond donors (Lipinski definition) is 0. The molecule has 0 spiro atoms. The Hall–Kier alpha value is -2.39. The van der Waals surface area contributed by atoms with Gasteiger partial charge in [0.1, 0.15) is 0 Å². The monoisotopic (exact) mass is 307 g/mol. The summed E-state index contributed by atoms with van der Waals surface area (Å²) in [7, 11) is 0. The molecule has 1 unspecified atom stereocenters. The Morgan fingerprint density at radius 3 is 2.22 bits per heavy atom. The second-order valence-electron chi connectivity index (χ2n) is 5.97. The van der Waals surface area contributed by atoms with E-state index in [0.29, 0.717) is 6.54 Å². The first-order valence-electron chi connectivity index (χ1n) is 7.90. The van der Waals surface area contributed by atoms with Gasteiger partial charge in [-0.25, -0.2) is 0 Å². The molecule has 3 rings (SSSR count). The van der Waals surface area contributed by atoms with E-state index in [2.05, 4.69) is 0 Å². The molecule has 1 heterocycles. The molecule has 118 valence electrons. The molecule has 0 saturated carbocycles. The Balaban J connectivity index is 2.02. The first-order valence-corrected chi connectivity index (χ1v) is 7.90. The second kappa shape index (κ2) is 6.39. The number of ether oxygens (including phenoxy) is 1. The van der Waals surface area contributed by atoms with Crippen molar-refractivity contribution in [2.24, 2.45) is 0 Å². The first kappa shape index (κ1) is 15.5. The van der Waals surface area contributed by atoms with Crippen molar-refractivity contribution < 1.29 is 9.53 Å². The number of carbonyl (C=O) groups is 1. The van der Waals surface area contributed by atoms with Crippen molar-refractivity contribution >= 4 is 5.91 Å². The third kappa shape index (κ3) is 3.06. The van der Waals surface area contributed by atoms with Crippen molar-refractivity contribution in [2.45, 2.75) is 32.2 Å². The summed E-state index contributed by atoms with van der Waals surface area (Å²) in [6.45, 7) is 4.48. The molecule has 1 aliphatic rings. The zero-order valence-electron chi connectivity index (χ0n) is 13.5. The fourth-order valence-corrected chi connectivity index (χ4v) is 2.95. The predicted octanol–water partition coefficient (Wildman–Crippen LogP) is 3.86. The van der Waals surface area contributed by atoms with Gasteiger partial charge in [-0.2, -0.15) is 0 Å². The maximum atomic E-state index is 12.5. The minimum absolute atomic E-state index is 0.0102. The summed E-state index contributed by atoms with van der Waals surface area (Å²) in [5.74, 6) is -0.0293. The highest BCUT2D eigenvalue weighted by molar-refractivity contribution is 5.91. The number of amides is 1. The zero-order chi connectivity index (χ0) is 16.3. The van der Waals surface area contributed by atoms with Gasteiger partial charge in [-0.3, -0.25) is 9.69 Å². The lowest BCUT2D eigenvalue weighted by atomic mass is 10.0. The van der Waals surface area contributed by atoms with Gasteiger partial charge >= 0.3 is 0 Å². The summed E-state index contributed by atoms with van der Waals surface area (Å²) in [6.07, 6.45) is 3.47. The Labute approximate surface area is 137 Å². The molecule has 0 aliphatic carbocycles. The summed E-state index contributed by atoms with van der Waals surface area (Å²) >= 11 is 0. The Kier molecular flexibility index (Phi) is 4.30. The molecule has 0 bridgehead atoms. The molecule has 2 aromatic rings. The zero-order valence-corrected chi connectivity index (χ0v) is 13.5. The van der Waals surface area contributed by atoms with Crippen molar-refractivity contribution in [3.8, 4) is 0 Å². The van der Waals surface area contributed by atoms with Crippen molar-refractivity contribution in [3.05, 3.63) is 83.9 Å². The van der Waals surface area contributed by atoms with E-state index < -0.39 is 5.72 Å². The van der Waals surface area contributed by atoms with Gasteiger partial charge in [0.25, 0.3) is 0 Å². The van der Waals surface area contributed by atoms with E-state index in [0.717, 1.165) is 11.1 Å². The van der Waals surface area contributed by atoms with Crippen LogP contribution in [0.25, 0.3) is 0 Å². The minimum atomic E-state index is -0.845. The van der Waals surface area contributed by atoms with Crippen molar-refractivity contribution in [1.82, 2.24) is 4.90 Å². The van der Waals surface area contributed by atoms with Gasteiger partial charge in [0.15, 0.2) is 5.72 Å². The Morgan fingerprint density at radius 2 is 1.61 bits per heavy atom. The molecule has 3 heteroatoms. The molecule has 23 heavy (non-hydrogen) atoms. The van der Waals surface area contributed by atoms with Crippen LogP contribution in [0, 0.1) is 0 Å². The number of nitrogens with zero attached hydrogens (tertiary/aromatic N) is 1. The molecular formula is C20H21NO2. The summed E-state index contributed by atoms with van der Waals surface area (Å²) in [4.78, 5) is 14.3. The molecule has 2 aromatic carbocycles. The highest BCUT2D eigenvalue weighted by atomic mass is 16.5. The number of hydrogen-bond acceptors (Lipinski definition) is 2. The van der Waals surface area contributed by atoms with Crippen LogP contribution >= 0.6 is 0 Å². The van der Waals surface area contributed by atoms with Gasteiger partial charge in [-0.1, -0.05) is 60.7 Å². The van der Waals surface area contributed by atoms with Crippen LogP contribution in [0.5, 0.6) is 0 Å². The van der Waals surface area contributed by atoms with Gasteiger partial charge < -0.3 is 4.74 Å². The summed E-state index contributed by atoms with van der Waals surface area (Å²) in [5, 5.41) is 0. The summed E-state index contributed by atoms with van der Waals surface area (Å²) < 4.78 is 6.26. The molecule has 0 aromatic heterocycles. The molecule has 1 atom stereocenters. The number of benzene rings is 2. The van der Waals surface area contributed by atoms with Crippen molar-refractivity contribution in [2.75, 3.05) is 0 Å². The topological polar surface area (TPSA) is 29.5 Å². The van der Waals surface area contributed by atoms with E-state index in [9.17, 15) is 4.79 Å². The molecule has 0 N–H and O–H groups in total. The highest BCUT2D eigenvalue weighted by Crippen LogP contribution is 2.38. The predicted molar refractivity (Wildman–Crippen MR) is 90.5 cm³/mol. The van der Waals surface area contributed by atoms with E-state index in [1.165, 1.54) is 0 Å². The van der Waals surface area contributed by atoms with Crippen LogP contribution < -0.4 is 0 Å². The number of rotatable bonds is 5. The van der Waals surface area contributed by atoms with Gasteiger partial charge in [0, 0.05) is 18.2 Å². The van der Waals surface area contributed by atoms with Gasteiger partial charge in [0.2, 0.25) is 5.91 Å². The van der Waals surface area contributed by atoms with Crippen molar-refractivity contribution in [3.63, 3.8) is 0 Å².